The molecule has 1 aliphatic rings. The maximum atomic E-state index is 13.9. The van der Waals surface area contributed by atoms with Crippen molar-refractivity contribution >= 4 is 28.8 Å². The van der Waals surface area contributed by atoms with Gasteiger partial charge in [-0.3, -0.25) is 14.5 Å². The van der Waals surface area contributed by atoms with Gasteiger partial charge in [0, 0.05) is 16.6 Å². The highest BCUT2D eigenvalue weighted by atomic mass is 32.1. The van der Waals surface area contributed by atoms with Crippen LogP contribution in [0, 0.1) is 0 Å². The van der Waals surface area contributed by atoms with Crippen molar-refractivity contribution in [2.75, 3.05) is 19.1 Å². The van der Waals surface area contributed by atoms with Gasteiger partial charge in [0.15, 0.2) is 11.5 Å². The first kappa shape index (κ1) is 24.8. The van der Waals surface area contributed by atoms with Crippen LogP contribution < -0.4 is 19.7 Å². The number of benzene rings is 2. The van der Waals surface area contributed by atoms with Gasteiger partial charge in [-0.25, -0.2) is 0 Å². The van der Waals surface area contributed by atoms with Crippen LogP contribution in [0.2, 0.25) is 0 Å². The van der Waals surface area contributed by atoms with Crippen molar-refractivity contribution in [1.82, 2.24) is 5.32 Å². The fraction of sp³-hybridized carbons (Fsp3) is 0.357. The third-order valence-electron chi connectivity index (χ3n) is 6.39. The molecule has 7 heteroatoms. The number of thiophene rings is 1. The van der Waals surface area contributed by atoms with Gasteiger partial charge in [-0.2, -0.15) is 0 Å². The molecule has 0 bridgehead atoms. The number of carbonyl (C=O) groups excluding carboxylic acids is 2. The van der Waals surface area contributed by atoms with Crippen molar-refractivity contribution in [2.24, 2.45) is 0 Å². The lowest BCUT2D eigenvalue weighted by atomic mass is 9.94. The number of hydrogen-bond acceptors (Lipinski definition) is 5. The van der Waals surface area contributed by atoms with E-state index in [9.17, 15) is 9.59 Å². The van der Waals surface area contributed by atoms with Gasteiger partial charge in [0.2, 0.25) is 11.8 Å². The quantitative estimate of drug-likeness (QED) is 0.426. The van der Waals surface area contributed by atoms with Crippen LogP contribution in [0.15, 0.2) is 66.0 Å². The van der Waals surface area contributed by atoms with E-state index in [2.05, 4.69) is 5.32 Å². The summed E-state index contributed by atoms with van der Waals surface area (Å²) in [5.41, 5.74) is 1.34. The first-order chi connectivity index (χ1) is 17.1. The fourth-order valence-corrected chi connectivity index (χ4v) is 5.34. The summed E-state index contributed by atoms with van der Waals surface area (Å²) in [6.07, 6.45) is 5.53. The Kier molecular flexibility index (Phi) is 8.42. The standard InChI is InChI=1S/C28H32N2O4S/c1-33-24-16-15-20(18-25(24)34-2)27(28(32)29-21-10-5-3-6-11-21)30(22-12-7-4-8-13-22)26(31)19-23-14-9-17-35-23/h4,7-9,12-18,21,27H,3,5-6,10-11,19H2,1-2H3,(H,29,32)/t27-/m1/s1. The average Bonchev–Trinajstić information content (AvgIpc) is 3.40. The number of nitrogens with one attached hydrogen (secondary N) is 1. The molecule has 0 aliphatic heterocycles. The Morgan fingerprint density at radius 1 is 0.971 bits per heavy atom. The largest absolute Gasteiger partial charge is 0.493 e. The number of amides is 2. The molecule has 1 aromatic heterocycles. The molecule has 184 valence electrons. The highest BCUT2D eigenvalue weighted by molar-refractivity contribution is 7.10. The van der Waals surface area contributed by atoms with E-state index < -0.39 is 6.04 Å². The highest BCUT2D eigenvalue weighted by Gasteiger charge is 2.34. The number of ether oxygens (including phenoxy) is 2. The topological polar surface area (TPSA) is 67.9 Å². The number of carbonyl (C=O) groups is 2. The Labute approximate surface area is 210 Å². The molecule has 1 heterocycles. The molecule has 0 saturated heterocycles. The van der Waals surface area contributed by atoms with Crippen LogP contribution >= 0.6 is 11.3 Å². The van der Waals surface area contributed by atoms with Crippen molar-refractivity contribution < 1.29 is 19.1 Å². The molecule has 0 unspecified atom stereocenters. The van der Waals surface area contributed by atoms with Gasteiger partial charge < -0.3 is 14.8 Å². The second-order valence-corrected chi connectivity index (χ2v) is 9.75. The molecule has 3 aromatic rings. The summed E-state index contributed by atoms with van der Waals surface area (Å²) in [6, 6.07) is 17.9. The lowest BCUT2D eigenvalue weighted by molar-refractivity contribution is -0.127. The second kappa shape index (κ2) is 11.9. The summed E-state index contributed by atoms with van der Waals surface area (Å²) in [5.74, 6) is 0.753. The molecule has 2 aromatic carbocycles. The van der Waals surface area contributed by atoms with Crippen LogP contribution in [-0.4, -0.2) is 32.1 Å². The zero-order valence-electron chi connectivity index (χ0n) is 20.2. The maximum Gasteiger partial charge on any atom is 0.248 e. The molecule has 4 rings (SSSR count). The summed E-state index contributed by atoms with van der Waals surface area (Å²) < 4.78 is 10.9. The number of para-hydroxylation sites is 1. The Balaban J connectivity index is 1.77. The minimum absolute atomic E-state index is 0.115. The summed E-state index contributed by atoms with van der Waals surface area (Å²) in [4.78, 5) is 30.3. The zero-order valence-corrected chi connectivity index (χ0v) is 21.1. The SMILES string of the molecule is COc1ccc([C@H](C(=O)NC2CCCCC2)N(C(=O)Cc2cccs2)c2ccccc2)cc1OC. The molecule has 1 saturated carbocycles. The van der Waals surface area contributed by atoms with Crippen LogP contribution in [0.1, 0.15) is 48.6 Å². The summed E-state index contributed by atoms with van der Waals surface area (Å²) in [7, 11) is 3.14. The molecule has 1 N–H and O–H groups in total. The molecule has 6 nitrogen and oxygen atoms in total. The zero-order chi connectivity index (χ0) is 24.6. The Morgan fingerprint density at radius 3 is 2.37 bits per heavy atom. The van der Waals surface area contributed by atoms with E-state index in [1.165, 1.54) is 17.8 Å². The smallest absolute Gasteiger partial charge is 0.248 e. The molecule has 0 radical (unpaired) electrons. The van der Waals surface area contributed by atoms with E-state index in [4.69, 9.17) is 9.47 Å². The molecule has 35 heavy (non-hydrogen) atoms. The third-order valence-corrected chi connectivity index (χ3v) is 7.27. The second-order valence-electron chi connectivity index (χ2n) is 8.72. The molecule has 2 amide bonds. The van der Waals surface area contributed by atoms with Gasteiger partial charge in [0.05, 0.1) is 20.6 Å². The van der Waals surface area contributed by atoms with E-state index in [-0.39, 0.29) is 24.3 Å². The van der Waals surface area contributed by atoms with Crippen LogP contribution in [0.3, 0.4) is 0 Å². The van der Waals surface area contributed by atoms with Gasteiger partial charge in [0.25, 0.3) is 0 Å². The van der Waals surface area contributed by atoms with Gasteiger partial charge >= 0.3 is 0 Å². The first-order valence-electron chi connectivity index (χ1n) is 12.0. The fourth-order valence-electron chi connectivity index (χ4n) is 4.64. The molecular formula is C28H32N2O4S. The molecule has 0 spiro atoms. The van der Waals surface area contributed by atoms with Crippen molar-refractivity contribution in [2.45, 2.75) is 50.6 Å². The summed E-state index contributed by atoms with van der Waals surface area (Å²) in [6.45, 7) is 0. The van der Waals surface area contributed by atoms with Gasteiger partial charge in [-0.15, -0.1) is 11.3 Å². The van der Waals surface area contributed by atoms with Crippen molar-refractivity contribution in [3.05, 3.63) is 76.5 Å². The normalized spacial score (nSPS) is 14.7. The number of hydrogen-bond donors (Lipinski definition) is 1. The van der Waals surface area contributed by atoms with Crippen LogP contribution in [0.25, 0.3) is 0 Å². The molecule has 1 fully saturated rings. The maximum absolute atomic E-state index is 13.9. The Morgan fingerprint density at radius 2 is 1.71 bits per heavy atom. The monoisotopic (exact) mass is 492 g/mol. The first-order valence-corrected chi connectivity index (χ1v) is 12.9. The van der Waals surface area contributed by atoms with Crippen LogP contribution in [-0.2, 0) is 16.0 Å². The average molecular weight is 493 g/mol. The molecular weight excluding hydrogens is 460 g/mol. The Hall–Kier alpha value is -3.32. The van der Waals surface area contributed by atoms with E-state index in [0.29, 0.717) is 22.7 Å². The van der Waals surface area contributed by atoms with Gasteiger partial charge in [-0.05, 0) is 54.1 Å². The van der Waals surface area contributed by atoms with Crippen molar-refractivity contribution in [1.29, 1.82) is 0 Å². The van der Waals surface area contributed by atoms with Gasteiger partial charge in [-0.1, -0.05) is 49.6 Å². The van der Waals surface area contributed by atoms with Crippen LogP contribution in [0.4, 0.5) is 5.69 Å². The van der Waals surface area contributed by atoms with E-state index in [1.54, 1.807) is 31.3 Å². The molecule has 1 aliphatic carbocycles. The lowest BCUT2D eigenvalue weighted by Crippen LogP contribution is -2.47. The number of methoxy groups -OCH3 is 2. The Bertz CT molecular complexity index is 1110. The van der Waals surface area contributed by atoms with E-state index in [0.717, 1.165) is 30.6 Å². The predicted molar refractivity (Wildman–Crippen MR) is 139 cm³/mol. The highest BCUT2D eigenvalue weighted by Crippen LogP contribution is 2.35. The predicted octanol–water partition coefficient (Wildman–Crippen LogP) is 5.53. The minimum atomic E-state index is -0.855. The third kappa shape index (κ3) is 6.03. The lowest BCUT2D eigenvalue weighted by Gasteiger charge is -2.33. The van der Waals surface area contributed by atoms with E-state index in [1.807, 2.05) is 53.9 Å². The van der Waals surface area contributed by atoms with Gasteiger partial charge in [0.1, 0.15) is 6.04 Å². The van der Waals surface area contributed by atoms with Crippen LogP contribution in [0.5, 0.6) is 11.5 Å². The van der Waals surface area contributed by atoms with E-state index >= 15 is 0 Å². The number of anilines is 1. The molecule has 1 atom stereocenters. The van der Waals surface area contributed by atoms with Crippen molar-refractivity contribution in [3.8, 4) is 11.5 Å². The summed E-state index contributed by atoms with van der Waals surface area (Å²) >= 11 is 1.53. The number of rotatable bonds is 9. The number of nitrogens with zero attached hydrogens (tertiary/aromatic N) is 1. The minimum Gasteiger partial charge on any atom is -0.493 e. The van der Waals surface area contributed by atoms with Crippen molar-refractivity contribution in [3.63, 3.8) is 0 Å². The summed E-state index contributed by atoms with van der Waals surface area (Å²) in [5, 5.41) is 5.20.